The van der Waals surface area contributed by atoms with Crippen LogP contribution in [0.2, 0.25) is 0 Å². The first-order valence-electron chi connectivity index (χ1n) is 6.67. The molecule has 2 rings (SSSR count). The second-order valence-corrected chi connectivity index (χ2v) is 5.28. The lowest BCUT2D eigenvalue weighted by atomic mass is 9.94. The molecule has 6 heteroatoms. The monoisotopic (exact) mass is 281 g/mol. The molecule has 20 heavy (non-hydrogen) atoms. The summed E-state index contributed by atoms with van der Waals surface area (Å²) in [6.45, 7) is 3.13. The summed E-state index contributed by atoms with van der Waals surface area (Å²) in [6, 6.07) is 1.22. The Balaban J connectivity index is 2.25. The summed E-state index contributed by atoms with van der Waals surface area (Å²) >= 11 is 0. The van der Waals surface area contributed by atoms with Crippen molar-refractivity contribution >= 4 is 11.7 Å². The van der Waals surface area contributed by atoms with E-state index in [2.05, 4.69) is 10.3 Å². The molecular weight excluding hydrogens is 261 g/mol. The zero-order chi connectivity index (χ0) is 14.8. The standard InChI is InChI=1S/C14H20FN3O2/c1-14(20-3)5-4-6-18(9-14)13(19)11-7-10(15)8-17-12(11)16-2/h7-8H,4-6,9H2,1-3H3,(H,16,17). The number of hydrogen-bond acceptors (Lipinski definition) is 4. The molecule has 0 radical (unpaired) electrons. The van der Waals surface area contributed by atoms with Crippen molar-refractivity contribution in [2.75, 3.05) is 32.6 Å². The van der Waals surface area contributed by atoms with Crippen LogP contribution in [0.15, 0.2) is 12.3 Å². The fourth-order valence-corrected chi connectivity index (χ4v) is 2.52. The molecule has 1 amide bonds. The lowest BCUT2D eigenvalue weighted by Crippen LogP contribution is -2.49. The number of aromatic nitrogens is 1. The van der Waals surface area contributed by atoms with E-state index in [0.717, 1.165) is 19.0 Å². The van der Waals surface area contributed by atoms with Crippen LogP contribution >= 0.6 is 0 Å². The Morgan fingerprint density at radius 2 is 2.35 bits per heavy atom. The van der Waals surface area contributed by atoms with E-state index in [4.69, 9.17) is 4.74 Å². The number of halogens is 1. The van der Waals surface area contributed by atoms with Crippen molar-refractivity contribution in [2.24, 2.45) is 0 Å². The minimum Gasteiger partial charge on any atom is -0.377 e. The van der Waals surface area contributed by atoms with Crippen molar-refractivity contribution in [1.82, 2.24) is 9.88 Å². The van der Waals surface area contributed by atoms with Crippen LogP contribution in [0.4, 0.5) is 10.2 Å². The highest BCUT2D eigenvalue weighted by Crippen LogP contribution is 2.26. The molecule has 0 saturated carbocycles. The molecule has 0 bridgehead atoms. The van der Waals surface area contributed by atoms with Crippen LogP contribution in [0.3, 0.4) is 0 Å². The zero-order valence-corrected chi connectivity index (χ0v) is 12.1. The molecule has 0 aliphatic carbocycles. The van der Waals surface area contributed by atoms with Crippen molar-refractivity contribution < 1.29 is 13.9 Å². The number of amides is 1. The summed E-state index contributed by atoms with van der Waals surface area (Å²) in [5, 5.41) is 2.82. The molecule has 1 N–H and O–H groups in total. The molecule has 1 aromatic rings. The minimum absolute atomic E-state index is 0.218. The first-order valence-corrected chi connectivity index (χ1v) is 6.67. The fourth-order valence-electron chi connectivity index (χ4n) is 2.52. The zero-order valence-electron chi connectivity index (χ0n) is 12.1. The fraction of sp³-hybridized carbons (Fsp3) is 0.571. The van der Waals surface area contributed by atoms with Gasteiger partial charge in [0.05, 0.1) is 17.4 Å². The predicted octanol–water partition coefficient (Wildman–Crippen LogP) is 1.90. The average Bonchev–Trinajstić information content (AvgIpc) is 2.46. The Labute approximate surface area is 118 Å². The molecule has 1 unspecified atom stereocenters. The van der Waals surface area contributed by atoms with Crippen molar-refractivity contribution in [1.29, 1.82) is 0 Å². The third kappa shape index (κ3) is 2.90. The molecule has 1 aromatic heterocycles. The van der Waals surface area contributed by atoms with Crippen LogP contribution in [-0.2, 0) is 4.74 Å². The quantitative estimate of drug-likeness (QED) is 0.919. The number of hydrogen-bond donors (Lipinski definition) is 1. The van der Waals surface area contributed by atoms with Gasteiger partial charge in [0, 0.05) is 27.2 Å². The number of rotatable bonds is 3. The number of piperidine rings is 1. The number of nitrogens with one attached hydrogen (secondary N) is 1. The molecule has 2 heterocycles. The first-order chi connectivity index (χ1) is 9.49. The van der Waals surface area contributed by atoms with Crippen LogP contribution in [-0.4, -0.2) is 48.6 Å². The van der Waals surface area contributed by atoms with Crippen LogP contribution in [0.1, 0.15) is 30.1 Å². The number of nitrogens with zero attached hydrogens (tertiary/aromatic N) is 2. The van der Waals surface area contributed by atoms with E-state index in [-0.39, 0.29) is 17.1 Å². The Hall–Kier alpha value is -1.69. The Kier molecular flexibility index (Phi) is 4.23. The third-order valence-electron chi connectivity index (χ3n) is 3.76. The van der Waals surface area contributed by atoms with E-state index in [1.165, 1.54) is 6.07 Å². The van der Waals surface area contributed by atoms with E-state index in [1.807, 2.05) is 6.92 Å². The molecule has 1 atom stereocenters. The number of methoxy groups -OCH3 is 1. The van der Waals surface area contributed by atoms with Crippen molar-refractivity contribution in [3.05, 3.63) is 23.6 Å². The third-order valence-corrected chi connectivity index (χ3v) is 3.76. The van der Waals surface area contributed by atoms with Crippen molar-refractivity contribution in [2.45, 2.75) is 25.4 Å². The topological polar surface area (TPSA) is 54.5 Å². The van der Waals surface area contributed by atoms with Gasteiger partial charge in [-0.3, -0.25) is 4.79 Å². The molecule has 1 fully saturated rings. The maximum absolute atomic E-state index is 13.3. The van der Waals surface area contributed by atoms with Crippen LogP contribution in [0.5, 0.6) is 0 Å². The van der Waals surface area contributed by atoms with E-state index in [1.54, 1.807) is 19.1 Å². The van der Waals surface area contributed by atoms with Crippen molar-refractivity contribution in [3.8, 4) is 0 Å². The van der Waals surface area contributed by atoms with Gasteiger partial charge in [0.15, 0.2) is 0 Å². The summed E-state index contributed by atoms with van der Waals surface area (Å²) in [5.41, 5.74) is -0.0815. The van der Waals surface area contributed by atoms with Gasteiger partial charge in [0.1, 0.15) is 11.6 Å². The highest BCUT2D eigenvalue weighted by molar-refractivity contribution is 5.98. The number of ether oxygens (including phenoxy) is 1. The Morgan fingerprint density at radius 3 is 3.00 bits per heavy atom. The summed E-state index contributed by atoms with van der Waals surface area (Å²) < 4.78 is 18.8. The summed E-state index contributed by atoms with van der Waals surface area (Å²) in [4.78, 5) is 18.2. The number of carbonyl (C=O) groups is 1. The SMILES string of the molecule is CNc1ncc(F)cc1C(=O)N1CCCC(C)(OC)C1. The van der Waals surface area contributed by atoms with E-state index < -0.39 is 5.82 Å². The molecule has 1 aliphatic heterocycles. The number of pyridine rings is 1. The average molecular weight is 281 g/mol. The second-order valence-electron chi connectivity index (χ2n) is 5.28. The van der Waals surface area contributed by atoms with Gasteiger partial charge >= 0.3 is 0 Å². The van der Waals surface area contributed by atoms with Gasteiger partial charge in [0.25, 0.3) is 5.91 Å². The van der Waals surface area contributed by atoms with Gasteiger partial charge < -0.3 is 15.0 Å². The summed E-state index contributed by atoms with van der Waals surface area (Å²) in [6.07, 6.45) is 2.87. The maximum Gasteiger partial charge on any atom is 0.257 e. The molecule has 5 nitrogen and oxygen atoms in total. The molecule has 0 spiro atoms. The van der Waals surface area contributed by atoms with E-state index in [9.17, 15) is 9.18 Å². The first kappa shape index (κ1) is 14.7. The van der Waals surface area contributed by atoms with Gasteiger partial charge in [-0.1, -0.05) is 0 Å². The molecule has 110 valence electrons. The van der Waals surface area contributed by atoms with Gasteiger partial charge in [-0.25, -0.2) is 9.37 Å². The van der Waals surface area contributed by atoms with Crippen LogP contribution in [0, 0.1) is 5.82 Å². The van der Waals surface area contributed by atoms with Gasteiger partial charge in [-0.2, -0.15) is 0 Å². The van der Waals surface area contributed by atoms with E-state index in [0.29, 0.717) is 18.9 Å². The highest BCUT2D eigenvalue weighted by atomic mass is 19.1. The predicted molar refractivity (Wildman–Crippen MR) is 74.3 cm³/mol. The van der Waals surface area contributed by atoms with Crippen LogP contribution in [0.25, 0.3) is 0 Å². The van der Waals surface area contributed by atoms with Gasteiger partial charge in [-0.05, 0) is 25.8 Å². The van der Waals surface area contributed by atoms with Crippen molar-refractivity contribution in [3.63, 3.8) is 0 Å². The lowest BCUT2D eigenvalue weighted by Gasteiger charge is -2.39. The second kappa shape index (κ2) is 5.75. The number of anilines is 1. The Bertz CT molecular complexity index is 509. The van der Waals surface area contributed by atoms with Gasteiger partial charge in [0.2, 0.25) is 0 Å². The molecule has 1 saturated heterocycles. The molecule has 1 aliphatic rings. The molecule has 0 aromatic carbocycles. The molecular formula is C14H20FN3O2. The number of likely N-dealkylation sites (tertiary alicyclic amines) is 1. The Morgan fingerprint density at radius 1 is 1.60 bits per heavy atom. The van der Waals surface area contributed by atoms with Gasteiger partial charge in [-0.15, -0.1) is 0 Å². The minimum atomic E-state index is -0.515. The largest absolute Gasteiger partial charge is 0.377 e. The summed E-state index contributed by atoms with van der Waals surface area (Å²) in [5.74, 6) is -0.343. The maximum atomic E-state index is 13.3. The lowest BCUT2D eigenvalue weighted by molar-refractivity contribution is -0.0440. The highest BCUT2D eigenvalue weighted by Gasteiger charge is 2.34. The van der Waals surface area contributed by atoms with Crippen LogP contribution < -0.4 is 5.32 Å². The smallest absolute Gasteiger partial charge is 0.257 e. The summed E-state index contributed by atoms with van der Waals surface area (Å²) in [7, 11) is 3.31. The number of carbonyl (C=O) groups excluding carboxylic acids is 1. The normalized spacial score (nSPS) is 22.7. The van der Waals surface area contributed by atoms with E-state index >= 15 is 0 Å².